The minimum absolute atomic E-state index is 0.0594. The van der Waals surface area contributed by atoms with Crippen LogP contribution in [0.1, 0.15) is 48.6 Å². The van der Waals surface area contributed by atoms with Crippen molar-refractivity contribution in [2.75, 3.05) is 32.7 Å². The highest BCUT2D eigenvalue weighted by molar-refractivity contribution is 5.23. The second-order valence-corrected chi connectivity index (χ2v) is 8.16. The average molecular weight is 367 g/mol. The Morgan fingerprint density at radius 1 is 1.26 bits per heavy atom. The van der Waals surface area contributed by atoms with E-state index >= 15 is 0 Å². The molecule has 4 rings (SSSR count). The maximum absolute atomic E-state index is 11.7. The van der Waals surface area contributed by atoms with E-state index in [0.717, 1.165) is 64.1 Å². The lowest BCUT2D eigenvalue weighted by atomic mass is 9.74. The molecule has 27 heavy (non-hydrogen) atoms. The van der Waals surface area contributed by atoms with E-state index in [2.05, 4.69) is 39.2 Å². The van der Waals surface area contributed by atoms with Crippen molar-refractivity contribution in [3.8, 4) is 0 Å². The summed E-state index contributed by atoms with van der Waals surface area (Å²) in [5.41, 5.74) is 3.42. The van der Waals surface area contributed by atoms with Crippen LogP contribution in [0.3, 0.4) is 0 Å². The number of aromatic nitrogens is 3. The predicted octanol–water partition coefficient (Wildman–Crippen LogP) is 1.97. The van der Waals surface area contributed by atoms with E-state index in [4.69, 9.17) is 4.98 Å². The number of nitrogens with one attached hydrogen (secondary N) is 2. The lowest BCUT2D eigenvalue weighted by Gasteiger charge is -2.43. The largest absolute Gasteiger partial charge is 0.317 e. The summed E-state index contributed by atoms with van der Waals surface area (Å²) in [5.74, 6) is 0.339. The van der Waals surface area contributed by atoms with E-state index in [1.807, 2.05) is 6.20 Å². The summed E-state index contributed by atoms with van der Waals surface area (Å²) in [4.78, 5) is 26.1. The van der Waals surface area contributed by atoms with E-state index in [0.29, 0.717) is 5.92 Å². The van der Waals surface area contributed by atoms with E-state index in [9.17, 15) is 4.79 Å². The molecule has 2 saturated heterocycles. The molecule has 1 atom stereocenters. The Morgan fingerprint density at radius 3 is 2.85 bits per heavy atom. The SMILES string of the molecule is Cc1ccc(C2(CN3CCCC(c4cc(=O)[nH]cn4)C3)CCNCC2)nc1. The second-order valence-electron chi connectivity index (χ2n) is 8.16. The van der Waals surface area contributed by atoms with Gasteiger partial charge in [-0.1, -0.05) is 6.07 Å². The van der Waals surface area contributed by atoms with Gasteiger partial charge in [0.05, 0.1) is 12.0 Å². The monoisotopic (exact) mass is 367 g/mol. The second kappa shape index (κ2) is 7.90. The van der Waals surface area contributed by atoms with Crippen LogP contribution in [0.4, 0.5) is 0 Å². The van der Waals surface area contributed by atoms with Crippen LogP contribution in [0.2, 0.25) is 0 Å². The van der Waals surface area contributed by atoms with Gasteiger partial charge in [-0.2, -0.15) is 0 Å². The van der Waals surface area contributed by atoms with Crippen molar-refractivity contribution >= 4 is 0 Å². The minimum atomic E-state index is -0.0594. The molecule has 2 aliphatic heterocycles. The average Bonchev–Trinajstić information content (AvgIpc) is 2.69. The van der Waals surface area contributed by atoms with Gasteiger partial charge < -0.3 is 15.2 Å². The van der Waals surface area contributed by atoms with Gasteiger partial charge in [0.15, 0.2) is 0 Å². The summed E-state index contributed by atoms with van der Waals surface area (Å²) in [5, 5.41) is 3.50. The Kier molecular flexibility index (Phi) is 5.36. The number of pyridine rings is 1. The lowest BCUT2D eigenvalue weighted by molar-refractivity contribution is 0.137. The molecule has 0 amide bonds. The van der Waals surface area contributed by atoms with Crippen molar-refractivity contribution in [3.63, 3.8) is 0 Å². The Hall–Kier alpha value is -2.05. The van der Waals surface area contributed by atoms with Crippen LogP contribution in [-0.2, 0) is 5.41 Å². The van der Waals surface area contributed by atoms with E-state index in [1.165, 1.54) is 17.6 Å². The summed E-state index contributed by atoms with van der Waals surface area (Å²) in [7, 11) is 0. The number of hydrogen-bond acceptors (Lipinski definition) is 5. The fourth-order valence-corrected chi connectivity index (χ4v) is 4.66. The van der Waals surface area contributed by atoms with Gasteiger partial charge in [0.1, 0.15) is 0 Å². The summed E-state index contributed by atoms with van der Waals surface area (Å²) >= 11 is 0. The van der Waals surface area contributed by atoms with Crippen LogP contribution in [0.15, 0.2) is 35.5 Å². The highest BCUT2D eigenvalue weighted by atomic mass is 16.1. The number of hydrogen-bond donors (Lipinski definition) is 2. The smallest absolute Gasteiger partial charge is 0.250 e. The molecule has 144 valence electrons. The molecule has 0 aliphatic carbocycles. The van der Waals surface area contributed by atoms with E-state index in [1.54, 1.807) is 6.07 Å². The maximum atomic E-state index is 11.7. The molecular weight excluding hydrogens is 338 g/mol. The molecule has 0 saturated carbocycles. The predicted molar refractivity (Wildman–Crippen MR) is 106 cm³/mol. The molecule has 2 aliphatic rings. The summed E-state index contributed by atoms with van der Waals surface area (Å²) in [6, 6.07) is 6.07. The minimum Gasteiger partial charge on any atom is -0.317 e. The Bertz CT molecular complexity index is 810. The van der Waals surface area contributed by atoms with E-state index in [-0.39, 0.29) is 11.0 Å². The fourth-order valence-electron chi connectivity index (χ4n) is 4.66. The van der Waals surface area contributed by atoms with Gasteiger partial charge in [-0.05, 0) is 63.9 Å². The van der Waals surface area contributed by atoms with Crippen molar-refractivity contribution < 1.29 is 0 Å². The summed E-state index contributed by atoms with van der Waals surface area (Å²) in [6.45, 7) is 7.29. The molecule has 2 aromatic heterocycles. The van der Waals surface area contributed by atoms with Gasteiger partial charge in [0.2, 0.25) is 0 Å². The molecule has 2 fully saturated rings. The zero-order chi connectivity index (χ0) is 18.7. The molecule has 6 heteroatoms. The third-order valence-electron chi connectivity index (χ3n) is 6.16. The summed E-state index contributed by atoms with van der Waals surface area (Å²) < 4.78 is 0. The van der Waals surface area contributed by atoms with Crippen LogP contribution in [0, 0.1) is 6.92 Å². The lowest BCUT2D eigenvalue weighted by Crippen LogP contribution is -2.50. The number of piperidine rings is 2. The highest BCUT2D eigenvalue weighted by Gasteiger charge is 2.38. The third kappa shape index (κ3) is 4.12. The first-order valence-corrected chi connectivity index (χ1v) is 10.1. The number of aryl methyl sites for hydroxylation is 1. The first kappa shape index (κ1) is 18.3. The van der Waals surface area contributed by atoms with Crippen molar-refractivity contribution in [1.82, 2.24) is 25.2 Å². The molecule has 0 aromatic carbocycles. The van der Waals surface area contributed by atoms with Crippen molar-refractivity contribution in [3.05, 3.63) is 58.0 Å². The summed E-state index contributed by atoms with van der Waals surface area (Å²) in [6.07, 6.45) is 8.01. The number of H-pyrrole nitrogens is 1. The van der Waals surface area contributed by atoms with Gasteiger partial charge >= 0.3 is 0 Å². The van der Waals surface area contributed by atoms with Crippen molar-refractivity contribution in [2.24, 2.45) is 0 Å². The topological polar surface area (TPSA) is 73.9 Å². The third-order valence-corrected chi connectivity index (χ3v) is 6.16. The van der Waals surface area contributed by atoms with Crippen molar-refractivity contribution in [1.29, 1.82) is 0 Å². The van der Waals surface area contributed by atoms with Gasteiger partial charge in [-0.15, -0.1) is 0 Å². The molecule has 0 bridgehead atoms. The maximum Gasteiger partial charge on any atom is 0.250 e. The van der Waals surface area contributed by atoms with Gasteiger partial charge in [-0.3, -0.25) is 9.78 Å². The molecule has 0 radical (unpaired) electrons. The fraction of sp³-hybridized carbons (Fsp3) is 0.571. The van der Waals surface area contributed by atoms with Crippen LogP contribution >= 0.6 is 0 Å². The highest BCUT2D eigenvalue weighted by Crippen LogP contribution is 2.35. The van der Waals surface area contributed by atoms with Crippen LogP contribution in [0.25, 0.3) is 0 Å². The molecule has 1 unspecified atom stereocenters. The first-order chi connectivity index (χ1) is 13.1. The van der Waals surface area contributed by atoms with Crippen molar-refractivity contribution in [2.45, 2.75) is 43.9 Å². The Labute approximate surface area is 160 Å². The quantitative estimate of drug-likeness (QED) is 0.864. The van der Waals surface area contributed by atoms with Crippen LogP contribution < -0.4 is 10.9 Å². The number of rotatable bonds is 4. The van der Waals surface area contributed by atoms with Gasteiger partial charge in [-0.25, -0.2) is 4.98 Å². The number of likely N-dealkylation sites (tertiary alicyclic amines) is 1. The molecule has 2 aromatic rings. The molecule has 6 nitrogen and oxygen atoms in total. The normalized spacial score (nSPS) is 23.2. The zero-order valence-electron chi connectivity index (χ0n) is 16.1. The standard InChI is InChI=1S/C21H29N5O/c1-16-4-5-19(23-12-16)21(6-8-22-9-7-21)14-26-10-2-3-17(13-26)18-11-20(27)25-15-24-18/h4-5,11-12,15,17,22H,2-3,6-10,13-14H2,1H3,(H,24,25,27). The molecule has 2 N–H and O–H groups in total. The molecule has 4 heterocycles. The first-order valence-electron chi connectivity index (χ1n) is 10.1. The number of nitrogens with zero attached hydrogens (tertiary/aromatic N) is 3. The van der Waals surface area contributed by atoms with Crippen LogP contribution in [0.5, 0.6) is 0 Å². The van der Waals surface area contributed by atoms with E-state index < -0.39 is 0 Å². The molecular formula is C21H29N5O. The Morgan fingerprint density at radius 2 is 2.11 bits per heavy atom. The number of aromatic amines is 1. The molecule has 0 spiro atoms. The van der Waals surface area contributed by atoms with Crippen LogP contribution in [-0.4, -0.2) is 52.6 Å². The zero-order valence-corrected chi connectivity index (χ0v) is 16.1. The van der Waals surface area contributed by atoms with Gasteiger partial charge in [0.25, 0.3) is 5.56 Å². The van der Waals surface area contributed by atoms with Gasteiger partial charge in [0, 0.05) is 42.4 Å². The Balaban J connectivity index is 1.54.